The Kier molecular flexibility index (Phi) is 22.0. The van der Waals surface area contributed by atoms with Crippen LogP contribution in [0.15, 0.2) is 0 Å². The van der Waals surface area contributed by atoms with Crippen molar-refractivity contribution in [1.29, 1.82) is 0 Å². The Morgan fingerprint density at radius 1 is 0.438 bits per heavy atom. The SMILES string of the molecule is C#CC1(O)CCC(C2CCC(CCC)CC2)CC1.C#CC1(OC(=O)CCCCCCC(=O)OC2(C#C)CCC(C3CCC(CCC)CC3)CC2)CCC(C2CCC(CCC)CC2)CC1. The second kappa shape index (κ2) is 26.8. The van der Waals surface area contributed by atoms with Crippen molar-refractivity contribution >= 4 is 11.9 Å². The Morgan fingerprint density at radius 2 is 0.719 bits per heavy atom. The number of aliphatic hydroxyl groups is 1. The average Bonchev–Trinajstić information content (AvgIpc) is 3.32. The van der Waals surface area contributed by atoms with Crippen LogP contribution in [0.3, 0.4) is 0 Å². The minimum Gasteiger partial charge on any atom is -0.446 e. The maximum absolute atomic E-state index is 12.7. The summed E-state index contributed by atoms with van der Waals surface area (Å²) in [6.07, 6.45) is 57.7. The summed E-state index contributed by atoms with van der Waals surface area (Å²) >= 11 is 0. The number of rotatable bonds is 18. The molecule has 64 heavy (non-hydrogen) atoms. The van der Waals surface area contributed by atoms with Gasteiger partial charge in [-0.2, -0.15) is 0 Å². The summed E-state index contributed by atoms with van der Waals surface area (Å²) in [6, 6.07) is 0. The second-order valence-corrected chi connectivity index (χ2v) is 22.5. The van der Waals surface area contributed by atoms with E-state index in [1.807, 2.05) is 0 Å². The average molecular weight is 883 g/mol. The molecule has 0 unspecified atom stereocenters. The summed E-state index contributed by atoms with van der Waals surface area (Å²) in [4.78, 5) is 25.5. The molecule has 6 rings (SSSR count). The predicted octanol–water partition coefficient (Wildman–Crippen LogP) is 14.9. The highest BCUT2D eigenvalue weighted by Gasteiger charge is 2.42. The monoisotopic (exact) mass is 883 g/mol. The van der Waals surface area contributed by atoms with Crippen molar-refractivity contribution < 1.29 is 24.2 Å². The summed E-state index contributed by atoms with van der Waals surface area (Å²) in [5, 5.41) is 10.1. The second-order valence-electron chi connectivity index (χ2n) is 22.5. The van der Waals surface area contributed by atoms with Gasteiger partial charge >= 0.3 is 11.9 Å². The molecule has 6 fully saturated rings. The molecule has 0 spiro atoms. The third kappa shape index (κ3) is 16.1. The Labute approximate surface area is 393 Å². The van der Waals surface area contributed by atoms with E-state index in [0.717, 1.165) is 156 Å². The number of hydrogen-bond acceptors (Lipinski definition) is 5. The van der Waals surface area contributed by atoms with Gasteiger partial charge in [0.1, 0.15) is 5.60 Å². The van der Waals surface area contributed by atoms with Crippen molar-refractivity contribution in [3.8, 4) is 37.0 Å². The molecular weight excluding hydrogens is 789 g/mol. The van der Waals surface area contributed by atoms with E-state index >= 15 is 0 Å². The van der Waals surface area contributed by atoms with Gasteiger partial charge < -0.3 is 14.6 Å². The van der Waals surface area contributed by atoms with E-state index in [2.05, 4.69) is 38.5 Å². The lowest BCUT2D eigenvalue weighted by Gasteiger charge is -2.41. The largest absolute Gasteiger partial charge is 0.446 e. The molecule has 0 atom stereocenters. The van der Waals surface area contributed by atoms with Crippen LogP contribution < -0.4 is 0 Å². The molecule has 6 aliphatic carbocycles. The fourth-order valence-corrected chi connectivity index (χ4v) is 13.9. The fourth-order valence-electron chi connectivity index (χ4n) is 13.9. The number of unbranched alkanes of at least 4 members (excludes halogenated alkanes) is 3. The van der Waals surface area contributed by atoms with E-state index in [1.165, 1.54) is 116 Å². The molecule has 0 aromatic rings. The van der Waals surface area contributed by atoms with E-state index in [4.69, 9.17) is 28.7 Å². The zero-order valence-corrected chi connectivity index (χ0v) is 41.5. The van der Waals surface area contributed by atoms with E-state index in [0.29, 0.717) is 12.8 Å². The van der Waals surface area contributed by atoms with Gasteiger partial charge in [0, 0.05) is 12.8 Å². The van der Waals surface area contributed by atoms with Gasteiger partial charge in [-0.25, -0.2) is 0 Å². The maximum Gasteiger partial charge on any atom is 0.307 e. The molecule has 360 valence electrons. The molecule has 0 heterocycles. The van der Waals surface area contributed by atoms with Crippen molar-refractivity contribution in [2.45, 2.75) is 269 Å². The van der Waals surface area contributed by atoms with Crippen LogP contribution in [0.5, 0.6) is 0 Å². The third-order valence-corrected chi connectivity index (χ3v) is 18.2. The molecule has 0 amide bonds. The first-order chi connectivity index (χ1) is 31.0. The molecule has 0 aromatic heterocycles. The van der Waals surface area contributed by atoms with E-state index < -0.39 is 16.8 Å². The van der Waals surface area contributed by atoms with Crippen LogP contribution in [-0.2, 0) is 19.1 Å². The van der Waals surface area contributed by atoms with E-state index in [1.54, 1.807) is 0 Å². The van der Waals surface area contributed by atoms with Gasteiger partial charge in [-0.3, -0.25) is 9.59 Å². The van der Waals surface area contributed by atoms with Crippen molar-refractivity contribution in [1.82, 2.24) is 0 Å². The number of carbonyl (C=O) groups is 2. The molecular formula is C59H94O5. The quantitative estimate of drug-likeness (QED) is 0.0843. The van der Waals surface area contributed by atoms with Crippen molar-refractivity contribution in [2.75, 3.05) is 0 Å². The number of terminal acetylenes is 3. The first-order valence-electron chi connectivity index (χ1n) is 27.6. The lowest BCUT2D eigenvalue weighted by molar-refractivity contribution is -0.159. The first kappa shape index (κ1) is 52.5. The van der Waals surface area contributed by atoms with Crippen molar-refractivity contribution in [3.63, 3.8) is 0 Å². The molecule has 0 bridgehead atoms. The molecule has 0 aliphatic heterocycles. The van der Waals surface area contributed by atoms with E-state index in [9.17, 15) is 14.7 Å². The molecule has 1 N–H and O–H groups in total. The molecule has 0 radical (unpaired) electrons. The van der Waals surface area contributed by atoms with Crippen LogP contribution in [0, 0.1) is 90.3 Å². The zero-order chi connectivity index (χ0) is 45.8. The summed E-state index contributed by atoms with van der Waals surface area (Å²) in [6.45, 7) is 6.90. The third-order valence-electron chi connectivity index (χ3n) is 18.2. The number of ether oxygens (including phenoxy) is 2. The zero-order valence-electron chi connectivity index (χ0n) is 41.5. The molecule has 0 aromatic carbocycles. The lowest BCUT2D eigenvalue weighted by Crippen LogP contribution is -2.39. The van der Waals surface area contributed by atoms with E-state index in [-0.39, 0.29) is 11.9 Å². The summed E-state index contributed by atoms with van der Waals surface area (Å²) in [5.41, 5.74) is -2.20. The molecule has 5 heteroatoms. The topological polar surface area (TPSA) is 72.8 Å². The van der Waals surface area contributed by atoms with Crippen LogP contribution >= 0.6 is 0 Å². The Balaban J connectivity index is 0.000000355. The number of hydrogen-bond donors (Lipinski definition) is 1. The highest BCUT2D eigenvalue weighted by molar-refractivity contribution is 5.71. The lowest BCUT2D eigenvalue weighted by atomic mass is 9.68. The summed E-state index contributed by atoms with van der Waals surface area (Å²) in [7, 11) is 0. The van der Waals surface area contributed by atoms with Crippen molar-refractivity contribution in [2.24, 2.45) is 53.3 Å². The minimum atomic E-state index is -0.782. The number of carbonyl (C=O) groups excluding carboxylic acids is 2. The van der Waals surface area contributed by atoms with Crippen LogP contribution in [0.2, 0.25) is 0 Å². The Bertz CT molecular complexity index is 1390. The van der Waals surface area contributed by atoms with Crippen molar-refractivity contribution in [3.05, 3.63) is 0 Å². The van der Waals surface area contributed by atoms with Gasteiger partial charge in [0.05, 0.1) is 0 Å². The van der Waals surface area contributed by atoms with Gasteiger partial charge in [-0.05, 0) is 182 Å². The van der Waals surface area contributed by atoms with Crippen LogP contribution in [-0.4, -0.2) is 33.8 Å². The number of esters is 2. The van der Waals surface area contributed by atoms with Crippen LogP contribution in [0.1, 0.15) is 252 Å². The summed E-state index contributed by atoms with van der Waals surface area (Å²) < 4.78 is 11.9. The molecule has 5 nitrogen and oxygen atoms in total. The first-order valence-corrected chi connectivity index (χ1v) is 27.6. The summed E-state index contributed by atoms with van der Waals surface area (Å²) in [5.74, 6) is 15.7. The maximum atomic E-state index is 12.7. The smallest absolute Gasteiger partial charge is 0.307 e. The van der Waals surface area contributed by atoms with Gasteiger partial charge in [0.25, 0.3) is 0 Å². The van der Waals surface area contributed by atoms with Crippen LogP contribution in [0.4, 0.5) is 0 Å². The highest BCUT2D eigenvalue weighted by atomic mass is 16.6. The molecule has 0 saturated heterocycles. The molecule has 6 aliphatic rings. The Morgan fingerprint density at radius 3 is 0.984 bits per heavy atom. The highest BCUT2D eigenvalue weighted by Crippen LogP contribution is 2.47. The van der Waals surface area contributed by atoms with Gasteiger partial charge in [-0.15, -0.1) is 19.3 Å². The fraction of sp³-hybridized carbons (Fsp3) is 0.864. The standard InChI is InChI=1S/C42H66O4.C17H28O/c1-5-13-33-17-21-35(22-18-33)37-25-29-41(7-3,30-26-37)45-39(43)15-11-9-10-12-16-40(44)46-42(8-4)31-27-38(28-32-42)36-23-19-34(14-6-2)20-24-36;1-3-5-14-6-8-15(9-7-14)16-10-12-17(18,4-2)13-11-16/h3-4,33-38H,5-6,9-32H2,1-2H3;2,14-16,18H,3,5-13H2,1H3. The minimum absolute atomic E-state index is 0.170. The van der Waals surface area contributed by atoms with Gasteiger partial charge in [0.15, 0.2) is 11.2 Å². The Hall–Kier alpha value is -2.42. The predicted molar refractivity (Wildman–Crippen MR) is 264 cm³/mol. The van der Waals surface area contributed by atoms with Gasteiger partial charge in [-0.1, -0.05) is 128 Å². The molecule has 6 saturated carbocycles. The normalized spacial score (nSPS) is 36.7. The van der Waals surface area contributed by atoms with Gasteiger partial charge in [0.2, 0.25) is 0 Å². The van der Waals surface area contributed by atoms with Crippen LogP contribution in [0.25, 0.3) is 0 Å².